The third-order valence-electron chi connectivity index (χ3n) is 13.5. The van der Waals surface area contributed by atoms with Crippen LogP contribution in [0.25, 0.3) is 0 Å². The zero-order chi connectivity index (χ0) is 35.4. The van der Waals surface area contributed by atoms with Crippen LogP contribution >= 0.6 is 0 Å². The number of rotatable bonds is 9. The molecule has 0 unspecified atom stereocenters. The van der Waals surface area contributed by atoms with Crippen LogP contribution in [-0.4, -0.2) is 103 Å². The summed E-state index contributed by atoms with van der Waals surface area (Å²) in [5, 5.41) is 12.0. The largest absolute Gasteiger partial charge is 0.459 e. The van der Waals surface area contributed by atoms with Crippen molar-refractivity contribution in [3.8, 4) is 0 Å². The van der Waals surface area contributed by atoms with Gasteiger partial charge in [0, 0.05) is 48.7 Å². The van der Waals surface area contributed by atoms with Gasteiger partial charge in [-0.1, -0.05) is 50.3 Å². The molecule has 5 aliphatic heterocycles. The fourth-order valence-corrected chi connectivity index (χ4v) is 10.6. The summed E-state index contributed by atoms with van der Waals surface area (Å²) in [6, 6.07) is 0. The minimum Gasteiger partial charge on any atom is -0.459 e. The zero-order valence-electron chi connectivity index (χ0n) is 30.3. The molecule has 1 saturated carbocycles. The van der Waals surface area contributed by atoms with Crippen molar-refractivity contribution in [3.63, 3.8) is 0 Å². The van der Waals surface area contributed by atoms with E-state index in [1.807, 2.05) is 32.9 Å². The molecule has 8 rings (SSSR count). The molecule has 1 N–H and O–H groups in total. The predicted molar refractivity (Wildman–Crippen MR) is 184 cm³/mol. The lowest BCUT2D eigenvalue weighted by Crippen LogP contribution is -2.58. The lowest BCUT2D eigenvalue weighted by atomic mass is 9.57. The second-order valence-electron chi connectivity index (χ2n) is 16.4. The molecular formula is C40H56NO9+. The molecule has 12 atom stereocenters. The van der Waals surface area contributed by atoms with Crippen molar-refractivity contribution < 1.29 is 47.7 Å². The summed E-state index contributed by atoms with van der Waals surface area (Å²) in [7, 11) is 1.49. The number of aliphatic hydroxyl groups excluding tert-OH is 1. The number of allylic oxidation sites excluding steroid dienone is 3. The van der Waals surface area contributed by atoms with E-state index < -0.39 is 48.2 Å². The molecule has 3 aliphatic carbocycles. The summed E-state index contributed by atoms with van der Waals surface area (Å²) < 4.78 is 32.2. The van der Waals surface area contributed by atoms with Gasteiger partial charge in [0.1, 0.15) is 30.0 Å². The van der Waals surface area contributed by atoms with Crippen LogP contribution in [0.3, 0.4) is 0 Å². The number of piperidine rings is 3. The van der Waals surface area contributed by atoms with Gasteiger partial charge in [-0.2, -0.15) is 0 Å². The molecule has 5 heterocycles. The highest BCUT2D eigenvalue weighted by Gasteiger charge is 2.69. The van der Waals surface area contributed by atoms with E-state index in [4.69, 9.17) is 23.7 Å². The average Bonchev–Trinajstić information content (AvgIpc) is 3.71. The van der Waals surface area contributed by atoms with Crippen LogP contribution in [0.2, 0.25) is 0 Å². The highest BCUT2D eigenvalue weighted by molar-refractivity contribution is 5.90. The van der Waals surface area contributed by atoms with Gasteiger partial charge in [0.25, 0.3) is 0 Å². The Hall–Kier alpha value is -2.79. The summed E-state index contributed by atoms with van der Waals surface area (Å²) in [5.41, 5.74) is 0.534. The molecule has 274 valence electrons. The first kappa shape index (κ1) is 35.6. The van der Waals surface area contributed by atoms with Crippen molar-refractivity contribution in [1.29, 1.82) is 0 Å². The zero-order valence-corrected chi connectivity index (χ0v) is 30.3. The summed E-state index contributed by atoms with van der Waals surface area (Å²) >= 11 is 0. The van der Waals surface area contributed by atoms with Crippen LogP contribution in [0, 0.1) is 35.5 Å². The van der Waals surface area contributed by atoms with E-state index in [0.717, 1.165) is 28.9 Å². The fourth-order valence-electron chi connectivity index (χ4n) is 10.6. The number of carbonyl (C=O) groups is 3. The number of fused-ring (bicyclic) bond motifs is 3. The molecule has 4 saturated heterocycles. The number of hydrogen-bond donors (Lipinski definition) is 1. The topological polar surface area (TPSA) is 118 Å². The number of esters is 3. The van der Waals surface area contributed by atoms with Crippen molar-refractivity contribution in [1.82, 2.24) is 0 Å². The normalized spacial score (nSPS) is 44.8. The molecule has 0 amide bonds. The molecule has 50 heavy (non-hydrogen) atoms. The van der Waals surface area contributed by atoms with E-state index in [1.165, 1.54) is 46.0 Å². The SMILES string of the molecule is CO[C@H]1C[C@H]2C=C[C@H]3[C@H]4O[C@]2(/C(C)=C/[C@@H](C)[C@@H]([C@@H](C)OC(=O)CCC[N+]25CCC(CC2)CC5)OC1=O)[C@@H]3[C@H](O)[C@@H](C)[C@H]4OC(=O)C1=CC=CC1. The van der Waals surface area contributed by atoms with Gasteiger partial charge in [-0.15, -0.1) is 0 Å². The molecule has 10 nitrogen and oxygen atoms in total. The fraction of sp³-hybridized carbons (Fsp3) is 0.725. The Balaban J connectivity index is 1.11. The third-order valence-corrected chi connectivity index (χ3v) is 13.5. The third kappa shape index (κ3) is 6.22. The van der Waals surface area contributed by atoms with E-state index >= 15 is 0 Å². The quantitative estimate of drug-likeness (QED) is 0.160. The van der Waals surface area contributed by atoms with Gasteiger partial charge in [-0.05, 0) is 57.4 Å². The van der Waals surface area contributed by atoms with E-state index in [1.54, 1.807) is 13.0 Å². The average molecular weight is 695 g/mol. The minimum atomic E-state index is -0.962. The van der Waals surface area contributed by atoms with Gasteiger partial charge >= 0.3 is 17.9 Å². The highest BCUT2D eigenvalue weighted by Crippen LogP contribution is 2.61. The van der Waals surface area contributed by atoms with Crippen LogP contribution < -0.4 is 0 Å². The van der Waals surface area contributed by atoms with Crippen LogP contribution in [-0.2, 0) is 38.1 Å². The van der Waals surface area contributed by atoms with Crippen molar-refractivity contribution in [2.24, 2.45) is 35.5 Å². The molecule has 1 spiro atoms. The van der Waals surface area contributed by atoms with Crippen molar-refractivity contribution in [2.45, 2.75) is 115 Å². The van der Waals surface area contributed by atoms with Gasteiger partial charge in [0.15, 0.2) is 6.10 Å². The van der Waals surface area contributed by atoms with Gasteiger partial charge in [-0.3, -0.25) is 4.79 Å². The monoisotopic (exact) mass is 694 g/mol. The number of ether oxygens (including phenoxy) is 5. The standard InChI is InChI=1S/C40H56NO9/c1-23-21-24(2)40-29(12-13-30-33(40)34(43)25(3)36(37(30)50-40)49-38(44)28-9-6-7-10-28)22-31(46-5)39(45)48-35(23)26(4)47-32(42)11-8-17-41-18-14-27(15-19-41)16-20-41/h6-7,9,12-13,21,23,25-27,29-31,33-37,43H,8,10-11,14-20,22H2,1-5H3/q+1/b24-21+/t23-,25-,26-,27?,29-,30-,31+,33+,34-,35+,36-,37-,40+,41?/m1/s1. The van der Waals surface area contributed by atoms with E-state index in [9.17, 15) is 19.5 Å². The lowest BCUT2D eigenvalue weighted by molar-refractivity contribution is -0.942. The van der Waals surface area contributed by atoms with Crippen molar-refractivity contribution in [2.75, 3.05) is 33.3 Å². The van der Waals surface area contributed by atoms with Gasteiger partial charge < -0.3 is 33.3 Å². The Morgan fingerprint density at radius 2 is 1.88 bits per heavy atom. The molecule has 0 aromatic rings. The van der Waals surface area contributed by atoms with Crippen LogP contribution in [0.15, 0.2) is 47.6 Å². The summed E-state index contributed by atoms with van der Waals surface area (Å²) in [5.74, 6) is -1.81. The van der Waals surface area contributed by atoms with Crippen LogP contribution in [0.1, 0.15) is 72.6 Å². The number of aliphatic hydroxyl groups is 1. The molecule has 6 bridgehead atoms. The first-order valence-electron chi connectivity index (χ1n) is 19.0. The van der Waals surface area contributed by atoms with Crippen molar-refractivity contribution in [3.05, 3.63) is 47.6 Å². The Bertz CT molecular complexity index is 1440. The van der Waals surface area contributed by atoms with Gasteiger partial charge in [0.05, 0.1) is 38.7 Å². The number of nitrogens with zero attached hydrogens (tertiary/aromatic N) is 1. The van der Waals surface area contributed by atoms with Crippen LogP contribution in [0.5, 0.6) is 0 Å². The Morgan fingerprint density at radius 3 is 2.56 bits per heavy atom. The molecule has 0 radical (unpaired) electrons. The summed E-state index contributed by atoms with van der Waals surface area (Å²) in [6.07, 6.45) is 13.3. The minimum absolute atomic E-state index is 0.182. The Labute approximate surface area is 296 Å². The first-order valence-corrected chi connectivity index (χ1v) is 19.0. The second kappa shape index (κ2) is 14.0. The predicted octanol–water partition coefficient (Wildman–Crippen LogP) is 4.61. The van der Waals surface area contributed by atoms with Crippen LogP contribution in [0.4, 0.5) is 0 Å². The van der Waals surface area contributed by atoms with Gasteiger partial charge in [-0.25, -0.2) is 9.59 Å². The number of cyclic esters (lactones) is 1. The number of quaternary nitrogens is 1. The molecule has 0 aromatic carbocycles. The number of hydrogen-bond acceptors (Lipinski definition) is 9. The van der Waals surface area contributed by atoms with E-state index in [2.05, 4.69) is 18.2 Å². The molecule has 5 fully saturated rings. The van der Waals surface area contributed by atoms with E-state index in [-0.39, 0.29) is 47.9 Å². The van der Waals surface area contributed by atoms with Crippen molar-refractivity contribution >= 4 is 17.9 Å². The number of methoxy groups -OCH3 is 1. The number of carbonyl (C=O) groups excluding carboxylic acids is 3. The highest BCUT2D eigenvalue weighted by atomic mass is 16.6. The van der Waals surface area contributed by atoms with E-state index in [0.29, 0.717) is 18.4 Å². The lowest BCUT2D eigenvalue weighted by Gasteiger charge is -2.49. The maximum absolute atomic E-state index is 13.7. The molecule has 10 heteroatoms. The second-order valence-corrected chi connectivity index (χ2v) is 16.4. The molecular weight excluding hydrogens is 638 g/mol. The summed E-state index contributed by atoms with van der Waals surface area (Å²) in [6.45, 7) is 12.4. The maximum Gasteiger partial charge on any atom is 0.335 e. The van der Waals surface area contributed by atoms with Gasteiger partial charge in [0.2, 0.25) is 0 Å². The summed E-state index contributed by atoms with van der Waals surface area (Å²) in [4.78, 5) is 40.1. The smallest absolute Gasteiger partial charge is 0.335 e. The first-order chi connectivity index (χ1) is 24.0. The Kier molecular flexibility index (Phi) is 9.95. The molecule has 0 aromatic heterocycles. The Morgan fingerprint density at radius 1 is 1.14 bits per heavy atom. The maximum atomic E-state index is 13.7. The molecule has 8 aliphatic rings.